The zero-order chi connectivity index (χ0) is 15.7. The molecule has 0 saturated heterocycles. The molecule has 0 aliphatic carbocycles. The highest BCUT2D eigenvalue weighted by Gasteiger charge is 2.23. The third-order valence-electron chi connectivity index (χ3n) is 4.26. The first-order valence-electron chi connectivity index (χ1n) is 7.59. The minimum absolute atomic E-state index is 0.122. The molecule has 2 aromatic rings. The summed E-state index contributed by atoms with van der Waals surface area (Å²) in [6.45, 7) is 5.05. The number of carbonyl (C=O) groups excluding carboxylic acids is 1. The fourth-order valence-corrected chi connectivity index (χ4v) is 2.94. The number of ether oxygens (including phenoxy) is 1. The fourth-order valence-electron chi connectivity index (χ4n) is 2.94. The molecule has 116 valence electrons. The average molecular weight is 299 g/mol. The lowest BCUT2D eigenvalue weighted by Gasteiger charge is -2.20. The van der Waals surface area contributed by atoms with Crippen LogP contribution < -0.4 is 10.1 Å². The van der Waals surface area contributed by atoms with E-state index < -0.39 is 0 Å². The molecule has 0 fully saturated rings. The van der Waals surface area contributed by atoms with Crippen LogP contribution in [-0.4, -0.2) is 22.8 Å². The second kappa shape index (κ2) is 5.83. The van der Waals surface area contributed by atoms with E-state index in [1.54, 1.807) is 13.3 Å². The Morgan fingerprint density at radius 1 is 1.45 bits per heavy atom. The van der Waals surface area contributed by atoms with Crippen LogP contribution in [0.15, 0.2) is 24.4 Å². The topological polar surface area (TPSA) is 56.1 Å². The molecule has 1 amide bonds. The quantitative estimate of drug-likeness (QED) is 0.947. The molecular formula is C17H21N3O2. The highest BCUT2D eigenvalue weighted by atomic mass is 16.5. The number of rotatable bonds is 3. The highest BCUT2D eigenvalue weighted by Crippen LogP contribution is 2.29. The van der Waals surface area contributed by atoms with Gasteiger partial charge in [0.15, 0.2) is 0 Å². The maximum atomic E-state index is 12.7. The molecule has 1 N–H and O–H groups in total. The van der Waals surface area contributed by atoms with Crippen molar-refractivity contribution in [2.75, 3.05) is 12.4 Å². The van der Waals surface area contributed by atoms with Crippen molar-refractivity contribution in [1.82, 2.24) is 9.78 Å². The summed E-state index contributed by atoms with van der Waals surface area (Å²) in [6, 6.07) is 5.71. The lowest BCUT2D eigenvalue weighted by molar-refractivity contribution is 0.102. The zero-order valence-corrected chi connectivity index (χ0v) is 13.2. The second-order valence-corrected chi connectivity index (χ2v) is 5.93. The molecule has 5 nitrogen and oxygen atoms in total. The van der Waals surface area contributed by atoms with E-state index in [0.29, 0.717) is 17.2 Å². The standard InChI is InChI=1S/C17H21N3O2/c1-11-7-8-20-14(9-11)13(10-18-20)17(21)19-16-12(2)5-4-6-15(16)22-3/h4-6,10-11H,7-9H2,1-3H3,(H,19,21). The lowest BCUT2D eigenvalue weighted by atomic mass is 9.96. The largest absolute Gasteiger partial charge is 0.495 e. The summed E-state index contributed by atoms with van der Waals surface area (Å²) in [7, 11) is 1.61. The Balaban J connectivity index is 1.89. The molecule has 5 heteroatoms. The van der Waals surface area contributed by atoms with E-state index in [9.17, 15) is 4.79 Å². The third kappa shape index (κ3) is 2.58. The van der Waals surface area contributed by atoms with Gasteiger partial charge in [0.1, 0.15) is 5.75 Å². The zero-order valence-electron chi connectivity index (χ0n) is 13.2. The van der Waals surface area contributed by atoms with Gasteiger partial charge in [-0.15, -0.1) is 0 Å². The van der Waals surface area contributed by atoms with Gasteiger partial charge in [-0.05, 0) is 37.3 Å². The van der Waals surface area contributed by atoms with Crippen LogP contribution >= 0.6 is 0 Å². The molecular weight excluding hydrogens is 278 g/mol. The Morgan fingerprint density at radius 3 is 3.05 bits per heavy atom. The van der Waals surface area contributed by atoms with E-state index in [1.807, 2.05) is 29.8 Å². The summed E-state index contributed by atoms with van der Waals surface area (Å²) in [4.78, 5) is 12.7. The van der Waals surface area contributed by atoms with Crippen LogP contribution in [0.5, 0.6) is 5.75 Å². The molecule has 1 aromatic heterocycles. The average Bonchev–Trinajstić information content (AvgIpc) is 2.92. The molecule has 0 spiro atoms. The smallest absolute Gasteiger partial charge is 0.259 e. The Bertz CT molecular complexity index is 706. The van der Waals surface area contributed by atoms with E-state index in [0.717, 1.165) is 36.3 Å². The van der Waals surface area contributed by atoms with Crippen molar-refractivity contribution in [3.63, 3.8) is 0 Å². The van der Waals surface area contributed by atoms with Crippen LogP contribution in [-0.2, 0) is 13.0 Å². The van der Waals surface area contributed by atoms with Crippen LogP contribution in [0.4, 0.5) is 5.69 Å². The van der Waals surface area contributed by atoms with Gasteiger partial charge in [0.2, 0.25) is 0 Å². The summed E-state index contributed by atoms with van der Waals surface area (Å²) in [5.74, 6) is 1.13. The number of methoxy groups -OCH3 is 1. The highest BCUT2D eigenvalue weighted by molar-refractivity contribution is 6.06. The SMILES string of the molecule is COc1cccc(C)c1NC(=O)c1cnn2c1CC(C)CC2. The molecule has 0 radical (unpaired) electrons. The van der Waals surface area contributed by atoms with E-state index >= 15 is 0 Å². The normalized spacial score (nSPS) is 17.0. The van der Waals surface area contributed by atoms with Crippen molar-refractivity contribution in [2.24, 2.45) is 5.92 Å². The van der Waals surface area contributed by atoms with Gasteiger partial charge in [-0.3, -0.25) is 9.48 Å². The van der Waals surface area contributed by atoms with Gasteiger partial charge >= 0.3 is 0 Å². The molecule has 2 heterocycles. The van der Waals surface area contributed by atoms with Gasteiger partial charge in [-0.25, -0.2) is 0 Å². The third-order valence-corrected chi connectivity index (χ3v) is 4.26. The van der Waals surface area contributed by atoms with Gasteiger partial charge in [0.05, 0.1) is 30.3 Å². The number of para-hydroxylation sites is 1. The molecule has 22 heavy (non-hydrogen) atoms. The Labute approximate surface area is 130 Å². The minimum Gasteiger partial charge on any atom is -0.495 e. The number of aromatic nitrogens is 2. The molecule has 1 atom stereocenters. The molecule has 3 rings (SSSR count). The number of benzene rings is 1. The molecule has 1 aliphatic rings. The summed E-state index contributed by atoms with van der Waals surface area (Å²) < 4.78 is 7.29. The first-order chi connectivity index (χ1) is 10.6. The number of nitrogens with zero attached hydrogens (tertiary/aromatic N) is 2. The van der Waals surface area contributed by atoms with Gasteiger partial charge in [-0.2, -0.15) is 5.10 Å². The first kappa shape index (κ1) is 14.6. The van der Waals surface area contributed by atoms with Crippen molar-refractivity contribution in [2.45, 2.75) is 33.2 Å². The van der Waals surface area contributed by atoms with Gasteiger partial charge in [0.25, 0.3) is 5.91 Å². The number of aryl methyl sites for hydroxylation is 2. The minimum atomic E-state index is -0.122. The van der Waals surface area contributed by atoms with E-state index in [4.69, 9.17) is 4.74 Å². The predicted molar refractivity (Wildman–Crippen MR) is 85.4 cm³/mol. The van der Waals surface area contributed by atoms with Crippen LogP contribution in [0.3, 0.4) is 0 Å². The lowest BCUT2D eigenvalue weighted by Crippen LogP contribution is -2.21. The second-order valence-electron chi connectivity index (χ2n) is 5.93. The first-order valence-corrected chi connectivity index (χ1v) is 7.59. The van der Waals surface area contributed by atoms with Gasteiger partial charge in [0, 0.05) is 6.54 Å². The Morgan fingerprint density at radius 2 is 2.27 bits per heavy atom. The van der Waals surface area contributed by atoms with Crippen molar-refractivity contribution in [1.29, 1.82) is 0 Å². The molecule has 0 bridgehead atoms. The number of anilines is 1. The number of nitrogens with one attached hydrogen (secondary N) is 1. The van der Waals surface area contributed by atoms with E-state index in [2.05, 4.69) is 17.3 Å². The van der Waals surface area contributed by atoms with Crippen LogP contribution in [0.2, 0.25) is 0 Å². The molecule has 1 aliphatic heterocycles. The van der Waals surface area contributed by atoms with Crippen molar-refractivity contribution >= 4 is 11.6 Å². The van der Waals surface area contributed by atoms with Crippen LogP contribution in [0.25, 0.3) is 0 Å². The number of carbonyl (C=O) groups is 1. The molecule has 1 unspecified atom stereocenters. The van der Waals surface area contributed by atoms with Crippen LogP contribution in [0.1, 0.15) is 35.0 Å². The summed E-state index contributed by atoms with van der Waals surface area (Å²) in [5, 5.41) is 7.32. The summed E-state index contributed by atoms with van der Waals surface area (Å²) >= 11 is 0. The van der Waals surface area contributed by atoms with Crippen molar-refractivity contribution < 1.29 is 9.53 Å². The number of fused-ring (bicyclic) bond motifs is 1. The number of hydrogen-bond acceptors (Lipinski definition) is 3. The van der Waals surface area contributed by atoms with E-state index in [-0.39, 0.29) is 5.91 Å². The van der Waals surface area contributed by atoms with Gasteiger partial charge in [-0.1, -0.05) is 19.1 Å². The molecule has 1 aromatic carbocycles. The predicted octanol–water partition coefficient (Wildman–Crippen LogP) is 3.03. The maximum Gasteiger partial charge on any atom is 0.259 e. The summed E-state index contributed by atoms with van der Waals surface area (Å²) in [6.07, 6.45) is 3.68. The number of hydrogen-bond donors (Lipinski definition) is 1. The Kier molecular flexibility index (Phi) is 3.88. The van der Waals surface area contributed by atoms with Crippen molar-refractivity contribution in [3.05, 3.63) is 41.2 Å². The van der Waals surface area contributed by atoms with Crippen LogP contribution in [0, 0.1) is 12.8 Å². The Hall–Kier alpha value is -2.30. The fraction of sp³-hybridized carbons (Fsp3) is 0.412. The monoisotopic (exact) mass is 299 g/mol. The van der Waals surface area contributed by atoms with E-state index in [1.165, 1.54) is 0 Å². The molecule has 0 saturated carbocycles. The maximum absolute atomic E-state index is 12.7. The van der Waals surface area contributed by atoms with Gasteiger partial charge < -0.3 is 10.1 Å². The van der Waals surface area contributed by atoms with Crippen molar-refractivity contribution in [3.8, 4) is 5.75 Å². The summed E-state index contributed by atoms with van der Waals surface area (Å²) in [5.41, 5.74) is 3.39. The number of amides is 1.